The summed E-state index contributed by atoms with van der Waals surface area (Å²) in [6, 6.07) is 11.4. The van der Waals surface area contributed by atoms with Gasteiger partial charge in [0.25, 0.3) is 0 Å². The molecule has 178 valence electrons. The molecule has 1 aliphatic rings. The van der Waals surface area contributed by atoms with Crippen LogP contribution in [0.15, 0.2) is 48.7 Å². The third-order valence-corrected chi connectivity index (χ3v) is 6.67. The first-order valence-corrected chi connectivity index (χ1v) is 11.8. The number of halogens is 2. The van der Waals surface area contributed by atoms with Gasteiger partial charge in [-0.25, -0.2) is 8.78 Å². The van der Waals surface area contributed by atoms with E-state index < -0.39 is 11.6 Å². The van der Waals surface area contributed by atoms with Crippen LogP contribution in [0.5, 0.6) is 5.75 Å². The van der Waals surface area contributed by atoms with E-state index in [9.17, 15) is 13.9 Å². The van der Waals surface area contributed by atoms with Crippen LogP contribution in [0.2, 0.25) is 0 Å². The zero-order chi connectivity index (χ0) is 23.9. The van der Waals surface area contributed by atoms with Gasteiger partial charge in [-0.2, -0.15) is 0 Å². The molecule has 1 aliphatic heterocycles. The number of benzene rings is 2. The van der Waals surface area contributed by atoms with Crippen LogP contribution in [-0.2, 0) is 6.42 Å². The number of aliphatic hydroxyl groups is 1. The van der Waals surface area contributed by atoms with Gasteiger partial charge in [0.15, 0.2) is 0 Å². The van der Waals surface area contributed by atoms with Crippen LogP contribution in [0.25, 0.3) is 10.9 Å². The molecule has 0 aliphatic carbocycles. The van der Waals surface area contributed by atoms with Gasteiger partial charge in [0.2, 0.25) is 0 Å². The molecular formula is C28H30F2N2O2. The number of likely N-dealkylation sites (tertiary alicyclic amines) is 1. The van der Waals surface area contributed by atoms with Gasteiger partial charge in [0.1, 0.15) is 17.4 Å². The molecule has 6 heteroatoms. The van der Waals surface area contributed by atoms with E-state index >= 15 is 0 Å². The Hall–Kier alpha value is -3.01. The second kappa shape index (κ2) is 11.4. The number of fused-ring (bicyclic) bond motifs is 1. The Labute approximate surface area is 199 Å². The van der Waals surface area contributed by atoms with Crippen LogP contribution in [0.1, 0.15) is 30.4 Å². The van der Waals surface area contributed by atoms with E-state index in [0.29, 0.717) is 18.0 Å². The fourth-order valence-electron chi connectivity index (χ4n) is 4.85. The molecule has 0 bridgehead atoms. The van der Waals surface area contributed by atoms with Crippen molar-refractivity contribution in [2.24, 2.45) is 11.8 Å². The number of pyridine rings is 1. The highest BCUT2D eigenvalue weighted by atomic mass is 19.1. The molecule has 1 N–H and O–H groups in total. The summed E-state index contributed by atoms with van der Waals surface area (Å²) in [6.07, 6.45) is 5.93. The maximum atomic E-state index is 13.3. The van der Waals surface area contributed by atoms with Gasteiger partial charge in [-0.1, -0.05) is 11.8 Å². The Kier molecular flexibility index (Phi) is 8.10. The van der Waals surface area contributed by atoms with Crippen molar-refractivity contribution in [3.8, 4) is 17.6 Å². The van der Waals surface area contributed by atoms with Crippen molar-refractivity contribution in [2.75, 3.05) is 33.4 Å². The topological polar surface area (TPSA) is 45.6 Å². The van der Waals surface area contributed by atoms with Crippen LogP contribution >= 0.6 is 0 Å². The number of ether oxygens (including phenoxy) is 1. The summed E-state index contributed by atoms with van der Waals surface area (Å²) in [4.78, 5) is 6.67. The molecule has 3 aromatic rings. The lowest BCUT2D eigenvalue weighted by Gasteiger charge is -2.37. The molecule has 1 saturated heterocycles. The highest BCUT2D eigenvalue weighted by Crippen LogP contribution is 2.29. The molecule has 1 fully saturated rings. The maximum Gasteiger partial charge on any atom is 0.127 e. The zero-order valence-corrected chi connectivity index (χ0v) is 19.4. The lowest BCUT2D eigenvalue weighted by Crippen LogP contribution is -2.42. The molecule has 2 heterocycles. The average molecular weight is 465 g/mol. The number of methoxy groups -OCH3 is 1. The van der Waals surface area contributed by atoms with Crippen molar-refractivity contribution >= 4 is 10.9 Å². The number of rotatable bonds is 7. The van der Waals surface area contributed by atoms with Crippen molar-refractivity contribution in [3.05, 3.63) is 71.4 Å². The predicted molar refractivity (Wildman–Crippen MR) is 130 cm³/mol. The molecule has 34 heavy (non-hydrogen) atoms. The van der Waals surface area contributed by atoms with E-state index in [1.807, 2.05) is 24.4 Å². The minimum atomic E-state index is -0.621. The van der Waals surface area contributed by atoms with E-state index in [-0.39, 0.29) is 12.5 Å². The number of aryl methyl sites for hydroxylation is 1. The summed E-state index contributed by atoms with van der Waals surface area (Å²) in [5.74, 6) is 6.13. The van der Waals surface area contributed by atoms with Crippen molar-refractivity contribution in [2.45, 2.75) is 25.7 Å². The Morgan fingerprint density at radius 3 is 2.71 bits per heavy atom. The van der Waals surface area contributed by atoms with E-state index in [1.54, 1.807) is 7.11 Å². The maximum absolute atomic E-state index is 13.3. The number of aromatic nitrogens is 1. The van der Waals surface area contributed by atoms with Gasteiger partial charge in [0, 0.05) is 36.4 Å². The largest absolute Gasteiger partial charge is 0.497 e. The van der Waals surface area contributed by atoms with Gasteiger partial charge in [-0.3, -0.25) is 9.88 Å². The first-order valence-electron chi connectivity index (χ1n) is 11.8. The summed E-state index contributed by atoms with van der Waals surface area (Å²) < 4.78 is 32.0. The SMILES string of the molecule is COc1ccc2nccc(CCC[C@@H]3CCN(CC#Cc4cc(F)cc(F)c4)C[C@@H]3CO)c2c1. The molecule has 0 amide bonds. The number of hydrogen-bond acceptors (Lipinski definition) is 4. The number of hydrogen-bond donors (Lipinski definition) is 1. The molecule has 0 unspecified atom stereocenters. The van der Waals surface area contributed by atoms with Gasteiger partial charge in [-0.05, 0) is 86.0 Å². The van der Waals surface area contributed by atoms with Crippen molar-refractivity contribution in [1.29, 1.82) is 0 Å². The molecule has 0 saturated carbocycles. The van der Waals surface area contributed by atoms with Crippen LogP contribution in [0.4, 0.5) is 8.78 Å². The minimum Gasteiger partial charge on any atom is -0.497 e. The van der Waals surface area contributed by atoms with Crippen molar-refractivity contribution in [1.82, 2.24) is 9.88 Å². The molecular weight excluding hydrogens is 434 g/mol. The van der Waals surface area contributed by atoms with Gasteiger partial charge >= 0.3 is 0 Å². The second-order valence-electron chi connectivity index (χ2n) is 8.93. The first-order chi connectivity index (χ1) is 16.6. The fourth-order valence-corrected chi connectivity index (χ4v) is 4.85. The highest BCUT2D eigenvalue weighted by Gasteiger charge is 2.28. The Morgan fingerprint density at radius 2 is 1.94 bits per heavy atom. The van der Waals surface area contributed by atoms with Crippen LogP contribution in [0, 0.1) is 35.3 Å². The number of aliphatic hydroxyl groups excluding tert-OH is 1. The Morgan fingerprint density at radius 1 is 1.12 bits per heavy atom. The summed E-state index contributed by atoms with van der Waals surface area (Å²) in [6.45, 7) is 2.36. The molecule has 4 rings (SSSR count). The van der Waals surface area contributed by atoms with E-state index in [4.69, 9.17) is 4.74 Å². The van der Waals surface area contributed by atoms with Crippen LogP contribution < -0.4 is 4.74 Å². The summed E-state index contributed by atoms with van der Waals surface area (Å²) >= 11 is 0. The zero-order valence-electron chi connectivity index (χ0n) is 19.4. The monoisotopic (exact) mass is 464 g/mol. The van der Waals surface area contributed by atoms with Crippen molar-refractivity contribution in [3.63, 3.8) is 0 Å². The minimum absolute atomic E-state index is 0.152. The standard InChI is InChI=1S/C28H30F2N2O2/c1-34-26-7-8-28-27(17-26)22(9-11-31-28)6-2-5-21-10-13-32(18-23(21)19-33)12-3-4-20-14-24(29)16-25(30)15-20/h7-9,11,14-17,21,23,33H,2,5-6,10,12-13,18-19H2,1H3/t21-,23-/m1/s1. The molecule has 0 spiro atoms. The molecule has 2 atom stereocenters. The van der Waals surface area contributed by atoms with Gasteiger partial charge < -0.3 is 9.84 Å². The average Bonchev–Trinajstić information content (AvgIpc) is 2.84. The second-order valence-corrected chi connectivity index (χ2v) is 8.93. The van der Waals surface area contributed by atoms with Crippen molar-refractivity contribution < 1.29 is 18.6 Å². The molecule has 4 nitrogen and oxygen atoms in total. The van der Waals surface area contributed by atoms with Crippen LogP contribution in [0.3, 0.4) is 0 Å². The summed E-state index contributed by atoms with van der Waals surface area (Å²) in [5.41, 5.74) is 2.58. The third-order valence-electron chi connectivity index (χ3n) is 6.67. The molecule has 1 aromatic heterocycles. The molecule has 2 aromatic carbocycles. The summed E-state index contributed by atoms with van der Waals surface area (Å²) in [5, 5.41) is 11.1. The highest BCUT2D eigenvalue weighted by molar-refractivity contribution is 5.83. The lowest BCUT2D eigenvalue weighted by atomic mass is 9.82. The van der Waals surface area contributed by atoms with E-state index in [0.717, 1.165) is 61.5 Å². The Bertz CT molecular complexity index is 1170. The fraction of sp³-hybridized carbons (Fsp3) is 0.393. The summed E-state index contributed by atoms with van der Waals surface area (Å²) in [7, 11) is 1.67. The normalized spacial score (nSPS) is 18.5. The van der Waals surface area contributed by atoms with E-state index in [2.05, 4.69) is 27.8 Å². The quantitative estimate of drug-likeness (QED) is 0.509. The predicted octanol–water partition coefficient (Wildman–Crippen LogP) is 4.83. The third kappa shape index (κ3) is 6.11. The van der Waals surface area contributed by atoms with Crippen LogP contribution in [-0.4, -0.2) is 48.3 Å². The Balaban J connectivity index is 1.30. The first kappa shape index (κ1) is 24.1. The number of piperidine rings is 1. The van der Waals surface area contributed by atoms with Gasteiger partial charge in [0.05, 0.1) is 19.2 Å². The van der Waals surface area contributed by atoms with E-state index in [1.165, 1.54) is 17.7 Å². The smallest absolute Gasteiger partial charge is 0.127 e. The van der Waals surface area contributed by atoms with Gasteiger partial charge in [-0.15, -0.1) is 0 Å². The lowest BCUT2D eigenvalue weighted by molar-refractivity contribution is 0.0748. The number of nitrogens with zero attached hydrogens (tertiary/aromatic N) is 2. The molecule has 0 radical (unpaired) electrons.